The fourth-order valence-electron chi connectivity index (χ4n) is 2.53. The zero-order chi connectivity index (χ0) is 13.1. The number of aryl methyl sites for hydroxylation is 2. The maximum atomic E-state index is 2.33. The summed E-state index contributed by atoms with van der Waals surface area (Å²) in [6, 6.07) is 9.07. The van der Waals surface area contributed by atoms with E-state index in [1.807, 2.05) is 0 Å². The van der Waals surface area contributed by atoms with E-state index in [4.69, 9.17) is 0 Å². The van der Waals surface area contributed by atoms with Crippen LogP contribution >= 0.6 is 0 Å². The van der Waals surface area contributed by atoms with Crippen molar-refractivity contribution >= 4 is 0 Å². The molecule has 1 heteroatoms. The van der Waals surface area contributed by atoms with Crippen molar-refractivity contribution in [3.63, 3.8) is 0 Å². The van der Waals surface area contributed by atoms with Gasteiger partial charge in [-0.15, -0.1) is 0 Å². The summed E-state index contributed by atoms with van der Waals surface area (Å²) >= 11 is 0. The minimum absolute atomic E-state index is 0. The second kappa shape index (κ2) is 12.2. The van der Waals surface area contributed by atoms with Crippen LogP contribution in [0.1, 0.15) is 76.3 Å². The van der Waals surface area contributed by atoms with Gasteiger partial charge in [0.1, 0.15) is 0 Å². The summed E-state index contributed by atoms with van der Waals surface area (Å²) in [4.78, 5) is 0. The van der Waals surface area contributed by atoms with Crippen LogP contribution in [0.25, 0.3) is 0 Å². The maximum absolute atomic E-state index is 2.33. The summed E-state index contributed by atoms with van der Waals surface area (Å²) < 4.78 is 0. The zero-order valence-corrected chi connectivity index (χ0v) is 12.9. The van der Waals surface area contributed by atoms with Crippen LogP contribution in [0.4, 0.5) is 0 Å². The van der Waals surface area contributed by atoms with E-state index in [2.05, 4.69) is 38.1 Å². The topological polar surface area (TPSA) is 31.5 Å². The van der Waals surface area contributed by atoms with E-state index in [-0.39, 0.29) is 5.48 Å². The van der Waals surface area contributed by atoms with Crippen LogP contribution in [0.15, 0.2) is 24.3 Å². The first kappa shape index (κ1) is 18.2. The second-order valence-electron chi connectivity index (χ2n) is 5.39. The molecule has 0 saturated heterocycles. The monoisotopic (exact) mass is 264 g/mol. The molecule has 0 saturated carbocycles. The minimum atomic E-state index is 0. The van der Waals surface area contributed by atoms with E-state index < -0.39 is 0 Å². The van der Waals surface area contributed by atoms with Crippen molar-refractivity contribution in [1.29, 1.82) is 0 Å². The molecule has 110 valence electrons. The Labute approximate surface area is 119 Å². The number of benzene rings is 1. The quantitative estimate of drug-likeness (QED) is 0.526. The number of hydrogen-bond acceptors (Lipinski definition) is 0. The van der Waals surface area contributed by atoms with Gasteiger partial charge in [0.15, 0.2) is 0 Å². The molecule has 0 aliphatic carbocycles. The predicted octanol–water partition coefficient (Wildman–Crippen LogP) is 5.11. The summed E-state index contributed by atoms with van der Waals surface area (Å²) in [5, 5.41) is 0. The summed E-state index contributed by atoms with van der Waals surface area (Å²) in [5.41, 5.74) is 3.20. The molecule has 0 aromatic heterocycles. The molecular weight excluding hydrogens is 232 g/mol. The van der Waals surface area contributed by atoms with Crippen LogP contribution in [0.2, 0.25) is 0 Å². The summed E-state index contributed by atoms with van der Waals surface area (Å²) in [5.74, 6) is 0. The van der Waals surface area contributed by atoms with Gasteiger partial charge < -0.3 is 5.48 Å². The van der Waals surface area contributed by atoms with Gasteiger partial charge in [-0.2, -0.15) is 0 Å². The summed E-state index contributed by atoms with van der Waals surface area (Å²) in [6.45, 7) is 4.56. The minimum Gasteiger partial charge on any atom is -0.412 e. The Kier molecular flexibility index (Phi) is 11.7. The zero-order valence-electron chi connectivity index (χ0n) is 12.9. The Balaban J connectivity index is 0.00000324. The molecule has 0 heterocycles. The van der Waals surface area contributed by atoms with Gasteiger partial charge in [0.25, 0.3) is 0 Å². The van der Waals surface area contributed by atoms with Gasteiger partial charge in [-0.25, -0.2) is 0 Å². The summed E-state index contributed by atoms with van der Waals surface area (Å²) in [6.07, 6.45) is 13.5. The molecule has 0 atom stereocenters. The van der Waals surface area contributed by atoms with Crippen molar-refractivity contribution in [1.82, 2.24) is 0 Å². The average molecular weight is 264 g/mol. The van der Waals surface area contributed by atoms with Crippen LogP contribution in [0, 0.1) is 0 Å². The SMILES string of the molecule is CCCCCCc1ccccc1CCCCCC.O. The molecule has 1 aromatic carbocycles. The van der Waals surface area contributed by atoms with Crippen molar-refractivity contribution in [2.45, 2.75) is 78.1 Å². The van der Waals surface area contributed by atoms with Gasteiger partial charge in [0.05, 0.1) is 0 Å². The summed E-state index contributed by atoms with van der Waals surface area (Å²) in [7, 11) is 0. The highest BCUT2D eigenvalue weighted by Gasteiger charge is 2.01. The predicted molar refractivity (Wildman–Crippen MR) is 85.7 cm³/mol. The van der Waals surface area contributed by atoms with Crippen LogP contribution in [-0.4, -0.2) is 5.48 Å². The van der Waals surface area contributed by atoms with Crippen molar-refractivity contribution < 1.29 is 5.48 Å². The third-order valence-electron chi connectivity index (χ3n) is 3.72. The lowest BCUT2D eigenvalue weighted by atomic mass is 9.97. The van der Waals surface area contributed by atoms with Crippen molar-refractivity contribution in [3.05, 3.63) is 35.4 Å². The highest BCUT2D eigenvalue weighted by Crippen LogP contribution is 2.16. The Morgan fingerprint density at radius 2 is 1.05 bits per heavy atom. The fraction of sp³-hybridized carbons (Fsp3) is 0.667. The van der Waals surface area contributed by atoms with Crippen molar-refractivity contribution in [2.24, 2.45) is 0 Å². The lowest BCUT2D eigenvalue weighted by Gasteiger charge is -2.09. The van der Waals surface area contributed by atoms with Crippen LogP contribution in [-0.2, 0) is 12.8 Å². The van der Waals surface area contributed by atoms with Gasteiger partial charge in [-0.3, -0.25) is 0 Å². The Bertz CT molecular complexity index is 275. The molecule has 0 aliphatic rings. The van der Waals surface area contributed by atoms with E-state index in [9.17, 15) is 0 Å². The van der Waals surface area contributed by atoms with Gasteiger partial charge in [-0.05, 0) is 36.8 Å². The van der Waals surface area contributed by atoms with E-state index in [0.29, 0.717) is 0 Å². The van der Waals surface area contributed by atoms with E-state index in [1.165, 1.54) is 64.2 Å². The van der Waals surface area contributed by atoms with E-state index >= 15 is 0 Å². The molecule has 1 aromatic rings. The smallest absolute Gasteiger partial charge is 0.0276 e. The van der Waals surface area contributed by atoms with Gasteiger partial charge >= 0.3 is 0 Å². The lowest BCUT2D eigenvalue weighted by molar-refractivity contribution is 0.650. The molecule has 1 nitrogen and oxygen atoms in total. The first-order valence-corrected chi connectivity index (χ1v) is 7.95. The highest BCUT2D eigenvalue weighted by atomic mass is 16.0. The van der Waals surface area contributed by atoms with Crippen LogP contribution in [0.3, 0.4) is 0 Å². The standard InChI is InChI=1S/C18H30.H2O/c1-3-5-7-9-13-17-15-11-12-16-18(17)14-10-8-6-4-2;/h11-12,15-16H,3-10,13-14H2,1-2H3;1H2. The maximum Gasteiger partial charge on any atom is -0.0276 e. The molecule has 0 aliphatic heterocycles. The highest BCUT2D eigenvalue weighted by molar-refractivity contribution is 5.27. The molecule has 0 radical (unpaired) electrons. The number of unbranched alkanes of at least 4 members (excludes halogenated alkanes) is 6. The number of rotatable bonds is 10. The normalized spacial score (nSPS) is 10.2. The van der Waals surface area contributed by atoms with Crippen LogP contribution < -0.4 is 0 Å². The molecule has 2 N–H and O–H groups in total. The largest absolute Gasteiger partial charge is 0.412 e. The fourth-order valence-corrected chi connectivity index (χ4v) is 2.53. The van der Waals surface area contributed by atoms with Crippen molar-refractivity contribution in [2.75, 3.05) is 0 Å². The molecule has 0 amide bonds. The second-order valence-corrected chi connectivity index (χ2v) is 5.39. The third-order valence-corrected chi connectivity index (χ3v) is 3.72. The van der Waals surface area contributed by atoms with Gasteiger partial charge in [0, 0.05) is 0 Å². The first-order valence-electron chi connectivity index (χ1n) is 7.95. The van der Waals surface area contributed by atoms with Gasteiger partial charge in [-0.1, -0.05) is 76.6 Å². The average Bonchev–Trinajstić information content (AvgIpc) is 2.41. The molecule has 0 unspecified atom stereocenters. The van der Waals surface area contributed by atoms with Gasteiger partial charge in [0.2, 0.25) is 0 Å². The molecular formula is C18H32O. The van der Waals surface area contributed by atoms with E-state index in [1.54, 1.807) is 11.1 Å². The molecule has 1 rings (SSSR count). The Morgan fingerprint density at radius 3 is 1.42 bits per heavy atom. The molecule has 0 fully saturated rings. The number of hydrogen-bond donors (Lipinski definition) is 0. The van der Waals surface area contributed by atoms with E-state index in [0.717, 1.165) is 0 Å². The third kappa shape index (κ3) is 8.05. The molecule has 0 bridgehead atoms. The Hall–Kier alpha value is -0.820. The van der Waals surface area contributed by atoms with Crippen molar-refractivity contribution in [3.8, 4) is 0 Å². The molecule has 0 spiro atoms. The first-order chi connectivity index (χ1) is 8.88. The Morgan fingerprint density at radius 1 is 0.632 bits per heavy atom. The lowest BCUT2D eigenvalue weighted by Crippen LogP contribution is -1.95. The molecule has 19 heavy (non-hydrogen) atoms. The van der Waals surface area contributed by atoms with Crippen LogP contribution in [0.5, 0.6) is 0 Å².